The van der Waals surface area contributed by atoms with Crippen molar-refractivity contribution >= 4 is 28.4 Å². The molecule has 0 unspecified atom stereocenters. The van der Waals surface area contributed by atoms with Crippen LogP contribution in [0.2, 0.25) is 0 Å². The van der Waals surface area contributed by atoms with E-state index in [2.05, 4.69) is 52.0 Å². The summed E-state index contributed by atoms with van der Waals surface area (Å²) in [5.74, 6) is 0.707. The van der Waals surface area contributed by atoms with Crippen LogP contribution in [0.15, 0.2) is 24.3 Å². The molecule has 3 nitrogen and oxygen atoms in total. The monoisotopic (exact) mass is 339 g/mol. The molecule has 1 heterocycles. The number of halogens is 1. The molecule has 1 aliphatic rings. The SMILES string of the molecule is Nc1nn(-c2cccc(I)c2)c2c1CCCC2. The molecule has 4 heteroatoms. The van der Waals surface area contributed by atoms with E-state index in [0.29, 0.717) is 5.82 Å². The Morgan fingerprint density at radius 2 is 2.06 bits per heavy atom. The topological polar surface area (TPSA) is 43.8 Å². The Morgan fingerprint density at radius 1 is 1.24 bits per heavy atom. The molecule has 0 amide bonds. The lowest BCUT2D eigenvalue weighted by atomic mass is 9.97. The normalized spacial score (nSPS) is 14.6. The minimum atomic E-state index is 0.707. The van der Waals surface area contributed by atoms with Crippen LogP contribution in [0.3, 0.4) is 0 Å². The summed E-state index contributed by atoms with van der Waals surface area (Å²) in [5, 5.41) is 4.49. The van der Waals surface area contributed by atoms with E-state index in [1.54, 1.807) is 0 Å². The first-order valence-corrected chi connectivity index (χ1v) is 6.96. The van der Waals surface area contributed by atoms with Crippen LogP contribution in [0.1, 0.15) is 24.1 Å². The van der Waals surface area contributed by atoms with E-state index in [1.165, 1.54) is 27.7 Å². The average Bonchev–Trinajstić information content (AvgIpc) is 2.68. The summed E-state index contributed by atoms with van der Waals surface area (Å²) in [5.41, 5.74) is 9.68. The van der Waals surface area contributed by atoms with Gasteiger partial charge in [0.05, 0.1) is 5.69 Å². The van der Waals surface area contributed by atoms with E-state index in [-0.39, 0.29) is 0 Å². The number of rotatable bonds is 1. The zero-order valence-corrected chi connectivity index (χ0v) is 11.6. The Labute approximate surface area is 114 Å². The van der Waals surface area contributed by atoms with E-state index < -0.39 is 0 Å². The van der Waals surface area contributed by atoms with Crippen molar-refractivity contribution < 1.29 is 0 Å². The number of hydrogen-bond donors (Lipinski definition) is 1. The number of aromatic nitrogens is 2. The van der Waals surface area contributed by atoms with Crippen LogP contribution in [-0.4, -0.2) is 9.78 Å². The van der Waals surface area contributed by atoms with E-state index in [4.69, 9.17) is 5.73 Å². The molecule has 0 radical (unpaired) electrons. The number of benzene rings is 1. The van der Waals surface area contributed by atoms with Crippen molar-refractivity contribution in [3.05, 3.63) is 39.1 Å². The summed E-state index contributed by atoms with van der Waals surface area (Å²) < 4.78 is 3.24. The van der Waals surface area contributed by atoms with Gasteiger partial charge >= 0.3 is 0 Å². The van der Waals surface area contributed by atoms with Crippen molar-refractivity contribution in [3.8, 4) is 5.69 Å². The van der Waals surface area contributed by atoms with Crippen molar-refractivity contribution in [3.63, 3.8) is 0 Å². The second kappa shape index (κ2) is 4.33. The lowest BCUT2D eigenvalue weighted by Gasteiger charge is -2.13. The van der Waals surface area contributed by atoms with Crippen LogP contribution in [0.25, 0.3) is 5.69 Å². The predicted octanol–water partition coefficient (Wildman–Crippen LogP) is 2.94. The summed E-state index contributed by atoms with van der Waals surface area (Å²) in [7, 11) is 0. The maximum atomic E-state index is 6.00. The lowest BCUT2D eigenvalue weighted by molar-refractivity contribution is 0.653. The molecule has 3 rings (SSSR count). The summed E-state index contributed by atoms with van der Waals surface area (Å²) in [4.78, 5) is 0. The van der Waals surface area contributed by atoms with Gasteiger partial charge in [-0.3, -0.25) is 0 Å². The Hall–Kier alpha value is -1.04. The molecular weight excluding hydrogens is 325 g/mol. The van der Waals surface area contributed by atoms with Gasteiger partial charge in [-0.2, -0.15) is 5.10 Å². The third-order valence-electron chi connectivity index (χ3n) is 3.26. The van der Waals surface area contributed by atoms with Crippen LogP contribution in [0.4, 0.5) is 5.82 Å². The van der Waals surface area contributed by atoms with Crippen LogP contribution in [-0.2, 0) is 12.8 Å². The molecule has 0 spiro atoms. The van der Waals surface area contributed by atoms with Gasteiger partial charge in [-0.05, 0) is 66.5 Å². The number of anilines is 1. The zero-order chi connectivity index (χ0) is 11.8. The minimum absolute atomic E-state index is 0.707. The number of nitrogens with two attached hydrogens (primary N) is 1. The fourth-order valence-corrected chi connectivity index (χ4v) is 2.98. The molecule has 17 heavy (non-hydrogen) atoms. The number of hydrogen-bond acceptors (Lipinski definition) is 2. The molecule has 0 fully saturated rings. The van der Waals surface area contributed by atoms with Crippen molar-refractivity contribution in [2.24, 2.45) is 0 Å². The Balaban J connectivity index is 2.15. The molecule has 1 aliphatic carbocycles. The second-order valence-electron chi connectivity index (χ2n) is 4.41. The first kappa shape index (κ1) is 11.1. The van der Waals surface area contributed by atoms with Gasteiger partial charge in [0.2, 0.25) is 0 Å². The van der Waals surface area contributed by atoms with Crippen LogP contribution < -0.4 is 5.73 Å². The van der Waals surface area contributed by atoms with Crippen LogP contribution >= 0.6 is 22.6 Å². The molecule has 0 aliphatic heterocycles. The van der Waals surface area contributed by atoms with Gasteiger partial charge in [-0.1, -0.05) is 6.07 Å². The molecule has 1 aromatic heterocycles. The zero-order valence-electron chi connectivity index (χ0n) is 9.49. The van der Waals surface area contributed by atoms with E-state index >= 15 is 0 Å². The van der Waals surface area contributed by atoms with Gasteiger partial charge in [0.1, 0.15) is 5.82 Å². The Morgan fingerprint density at radius 3 is 2.88 bits per heavy atom. The summed E-state index contributed by atoms with van der Waals surface area (Å²) in [6.07, 6.45) is 4.63. The van der Waals surface area contributed by atoms with Gasteiger partial charge < -0.3 is 5.73 Å². The Kier molecular flexibility index (Phi) is 2.82. The van der Waals surface area contributed by atoms with Crippen molar-refractivity contribution in [1.29, 1.82) is 0 Å². The third-order valence-corrected chi connectivity index (χ3v) is 3.94. The smallest absolute Gasteiger partial charge is 0.149 e. The van der Waals surface area contributed by atoms with Crippen molar-refractivity contribution in [1.82, 2.24) is 9.78 Å². The van der Waals surface area contributed by atoms with Gasteiger partial charge in [-0.25, -0.2) is 4.68 Å². The molecule has 2 aromatic rings. The molecule has 0 bridgehead atoms. The Bertz CT molecular complexity index is 560. The predicted molar refractivity (Wildman–Crippen MR) is 77.3 cm³/mol. The van der Waals surface area contributed by atoms with Gasteiger partial charge in [-0.15, -0.1) is 0 Å². The molecular formula is C13H14IN3. The van der Waals surface area contributed by atoms with Gasteiger partial charge in [0.15, 0.2) is 0 Å². The second-order valence-corrected chi connectivity index (χ2v) is 5.65. The van der Waals surface area contributed by atoms with E-state index in [0.717, 1.165) is 18.5 Å². The molecule has 1 aromatic carbocycles. The first-order chi connectivity index (χ1) is 8.25. The molecule has 0 saturated heterocycles. The highest BCUT2D eigenvalue weighted by Crippen LogP contribution is 2.28. The van der Waals surface area contributed by atoms with Gasteiger partial charge in [0.25, 0.3) is 0 Å². The summed E-state index contributed by atoms with van der Waals surface area (Å²) in [6.45, 7) is 0. The number of nitrogen functional groups attached to an aromatic ring is 1. The standard InChI is InChI=1S/C13H14IN3/c14-9-4-3-5-10(8-9)17-12-7-2-1-6-11(12)13(15)16-17/h3-5,8H,1-2,6-7H2,(H2,15,16). The minimum Gasteiger partial charge on any atom is -0.382 e. The third kappa shape index (κ3) is 1.94. The van der Waals surface area contributed by atoms with Crippen LogP contribution in [0.5, 0.6) is 0 Å². The maximum absolute atomic E-state index is 6.00. The highest BCUT2D eigenvalue weighted by atomic mass is 127. The lowest BCUT2D eigenvalue weighted by Crippen LogP contribution is -2.07. The van der Waals surface area contributed by atoms with Crippen molar-refractivity contribution in [2.45, 2.75) is 25.7 Å². The molecule has 0 atom stereocenters. The average molecular weight is 339 g/mol. The van der Waals surface area contributed by atoms with Gasteiger partial charge in [0, 0.05) is 14.8 Å². The number of fused-ring (bicyclic) bond motifs is 1. The maximum Gasteiger partial charge on any atom is 0.149 e. The fourth-order valence-electron chi connectivity index (χ4n) is 2.45. The highest BCUT2D eigenvalue weighted by molar-refractivity contribution is 14.1. The first-order valence-electron chi connectivity index (χ1n) is 5.88. The summed E-state index contributed by atoms with van der Waals surface area (Å²) >= 11 is 2.32. The molecule has 2 N–H and O–H groups in total. The van der Waals surface area contributed by atoms with E-state index in [9.17, 15) is 0 Å². The highest BCUT2D eigenvalue weighted by Gasteiger charge is 2.19. The fraction of sp³-hybridized carbons (Fsp3) is 0.308. The van der Waals surface area contributed by atoms with E-state index in [1.807, 2.05) is 4.68 Å². The largest absolute Gasteiger partial charge is 0.382 e. The molecule has 0 saturated carbocycles. The summed E-state index contributed by atoms with van der Waals surface area (Å²) in [6, 6.07) is 8.37. The molecule has 88 valence electrons. The van der Waals surface area contributed by atoms with Crippen molar-refractivity contribution in [2.75, 3.05) is 5.73 Å². The number of nitrogens with zero attached hydrogens (tertiary/aromatic N) is 2. The van der Waals surface area contributed by atoms with Crippen LogP contribution in [0, 0.1) is 3.57 Å². The quantitative estimate of drug-likeness (QED) is 0.812.